The summed E-state index contributed by atoms with van der Waals surface area (Å²) in [6.07, 6.45) is 6.25. The zero-order chi connectivity index (χ0) is 24.8. The molecule has 180 valence electrons. The van der Waals surface area contributed by atoms with E-state index in [0.29, 0.717) is 12.1 Å². The molecule has 0 aliphatic rings. The molecule has 0 spiro atoms. The van der Waals surface area contributed by atoms with Crippen molar-refractivity contribution in [1.82, 2.24) is 19.5 Å². The van der Waals surface area contributed by atoms with Crippen LogP contribution in [0.15, 0.2) is 67.3 Å². The van der Waals surface area contributed by atoms with Crippen molar-refractivity contribution in [2.75, 3.05) is 10.5 Å². The number of sulfonamides is 1. The molecule has 5 aromatic rings. The number of nitrogens with one attached hydrogen (secondary N) is 2. The molecule has 0 amide bonds. The van der Waals surface area contributed by atoms with Crippen LogP contribution in [0, 0.1) is 0 Å². The van der Waals surface area contributed by atoms with Gasteiger partial charge >= 0.3 is 0 Å². The van der Waals surface area contributed by atoms with Gasteiger partial charge in [-0.05, 0) is 68.7 Å². The number of aromatic nitrogens is 4. The average Bonchev–Trinajstić information content (AvgIpc) is 3.42. The lowest BCUT2D eigenvalue weighted by Crippen LogP contribution is -2.20. The van der Waals surface area contributed by atoms with Crippen molar-refractivity contribution in [3.63, 3.8) is 0 Å². The van der Waals surface area contributed by atoms with Crippen LogP contribution in [0.3, 0.4) is 0 Å². The van der Waals surface area contributed by atoms with Crippen molar-refractivity contribution in [1.29, 1.82) is 0 Å². The van der Waals surface area contributed by atoms with Crippen molar-refractivity contribution >= 4 is 37.8 Å². The number of aromatic amines is 1. The molecule has 0 fully saturated rings. The smallest absolute Gasteiger partial charge is 0.232 e. The molecule has 8 heteroatoms. The molecule has 5 rings (SSSR count). The molecule has 0 atom stereocenters. The maximum absolute atomic E-state index is 12.2. The van der Waals surface area contributed by atoms with Crippen LogP contribution in [0.5, 0.6) is 0 Å². The number of hydrogen-bond acceptors (Lipinski definition) is 4. The van der Waals surface area contributed by atoms with Gasteiger partial charge in [-0.1, -0.05) is 25.1 Å². The first kappa shape index (κ1) is 23.1. The Labute approximate surface area is 205 Å². The third-order valence-electron chi connectivity index (χ3n) is 6.05. The number of benzene rings is 2. The first-order valence-corrected chi connectivity index (χ1v) is 13.4. The Bertz CT molecular complexity index is 1640. The largest absolute Gasteiger partial charge is 0.346 e. The van der Waals surface area contributed by atoms with Crippen molar-refractivity contribution in [2.45, 2.75) is 39.7 Å². The quantitative estimate of drug-likeness (QED) is 0.300. The highest BCUT2D eigenvalue weighted by molar-refractivity contribution is 7.92. The minimum absolute atomic E-state index is 0.0774. The molecule has 0 aliphatic carbocycles. The summed E-state index contributed by atoms with van der Waals surface area (Å²) in [6.45, 7) is 8.34. The number of anilines is 1. The summed E-state index contributed by atoms with van der Waals surface area (Å²) in [5.41, 5.74) is 7.25. The second-order valence-electron chi connectivity index (χ2n) is 9.81. The van der Waals surface area contributed by atoms with Gasteiger partial charge in [0.15, 0.2) is 0 Å². The van der Waals surface area contributed by atoms with Crippen LogP contribution in [-0.4, -0.2) is 33.7 Å². The van der Waals surface area contributed by atoms with Gasteiger partial charge in [0.25, 0.3) is 0 Å². The topological polar surface area (TPSA) is 92.7 Å². The minimum atomic E-state index is -3.36. The van der Waals surface area contributed by atoms with Gasteiger partial charge in [0.1, 0.15) is 5.65 Å². The van der Waals surface area contributed by atoms with E-state index in [1.54, 1.807) is 12.3 Å². The van der Waals surface area contributed by atoms with Crippen LogP contribution >= 0.6 is 0 Å². The fraction of sp³-hybridized carbons (Fsp3) is 0.259. The predicted molar refractivity (Wildman–Crippen MR) is 143 cm³/mol. The van der Waals surface area contributed by atoms with Gasteiger partial charge in [0.2, 0.25) is 10.0 Å². The number of imidazole rings is 1. The zero-order valence-electron chi connectivity index (χ0n) is 20.3. The first-order valence-electron chi connectivity index (χ1n) is 11.7. The Morgan fingerprint density at radius 1 is 1.00 bits per heavy atom. The predicted octanol–water partition coefficient (Wildman–Crippen LogP) is 6.15. The highest BCUT2D eigenvalue weighted by Crippen LogP contribution is 2.34. The summed E-state index contributed by atoms with van der Waals surface area (Å²) in [7, 11) is -3.36. The van der Waals surface area contributed by atoms with Crippen LogP contribution in [0.4, 0.5) is 5.69 Å². The van der Waals surface area contributed by atoms with Crippen LogP contribution < -0.4 is 4.72 Å². The van der Waals surface area contributed by atoms with E-state index < -0.39 is 10.0 Å². The number of H-pyrrole nitrogens is 1. The number of hydrogen-bond donors (Lipinski definition) is 2. The van der Waals surface area contributed by atoms with Gasteiger partial charge < -0.3 is 9.55 Å². The van der Waals surface area contributed by atoms with Crippen molar-refractivity contribution < 1.29 is 8.42 Å². The van der Waals surface area contributed by atoms with Crippen molar-refractivity contribution in [2.24, 2.45) is 0 Å². The molecular weight excluding hydrogens is 458 g/mol. The normalized spacial score (nSPS) is 12.5. The molecule has 0 unspecified atom stereocenters. The summed E-state index contributed by atoms with van der Waals surface area (Å²) < 4.78 is 29.3. The Kier molecular flexibility index (Phi) is 5.63. The van der Waals surface area contributed by atoms with Crippen molar-refractivity contribution in [3.8, 4) is 22.3 Å². The van der Waals surface area contributed by atoms with Crippen LogP contribution in [0.2, 0.25) is 0 Å². The zero-order valence-corrected chi connectivity index (χ0v) is 21.1. The third-order valence-corrected chi connectivity index (χ3v) is 7.55. The van der Waals surface area contributed by atoms with Crippen LogP contribution in [-0.2, 0) is 15.6 Å². The molecule has 2 aromatic carbocycles. The Hall–Kier alpha value is -3.65. The Morgan fingerprint density at radius 2 is 1.83 bits per heavy atom. The minimum Gasteiger partial charge on any atom is -0.346 e. The van der Waals surface area contributed by atoms with E-state index in [0.717, 1.165) is 44.3 Å². The van der Waals surface area contributed by atoms with Gasteiger partial charge in [0.05, 0.1) is 23.1 Å². The standard InChI is InChI=1S/C27H29N5O2S/c1-5-11-35(33,34)31-21-8-6-7-18(12-21)20-13-22-23(16-29-26(22)28-15-20)19-9-10-24-25(14-19)32(17-30-24)27(2,3)4/h6-10,12-17,31H,5,11H2,1-4H3,(H,28,29). The average molecular weight is 488 g/mol. The van der Waals surface area contributed by atoms with Gasteiger partial charge in [-0.2, -0.15) is 0 Å². The Balaban J connectivity index is 1.56. The molecule has 0 aliphatic heterocycles. The second-order valence-corrected chi connectivity index (χ2v) is 11.7. The summed E-state index contributed by atoms with van der Waals surface area (Å²) in [5, 5.41) is 1.00. The highest BCUT2D eigenvalue weighted by atomic mass is 32.2. The first-order chi connectivity index (χ1) is 16.6. The fourth-order valence-electron chi connectivity index (χ4n) is 4.37. The molecule has 0 saturated heterocycles. The number of rotatable bonds is 6. The lowest BCUT2D eigenvalue weighted by molar-refractivity contribution is 0.408. The third kappa shape index (κ3) is 4.53. The summed E-state index contributed by atoms with van der Waals surface area (Å²) in [5.74, 6) is 0.0932. The van der Waals surface area contributed by atoms with Gasteiger partial charge in [-0.25, -0.2) is 18.4 Å². The molecule has 7 nitrogen and oxygen atoms in total. The number of fused-ring (bicyclic) bond motifs is 2. The number of pyridine rings is 1. The lowest BCUT2D eigenvalue weighted by atomic mass is 10.0. The van der Waals surface area contributed by atoms with E-state index in [4.69, 9.17) is 0 Å². The molecule has 35 heavy (non-hydrogen) atoms. The van der Waals surface area contributed by atoms with E-state index in [9.17, 15) is 8.42 Å². The lowest BCUT2D eigenvalue weighted by Gasteiger charge is -2.21. The summed E-state index contributed by atoms with van der Waals surface area (Å²) >= 11 is 0. The monoisotopic (exact) mass is 487 g/mol. The van der Waals surface area contributed by atoms with E-state index in [1.165, 1.54) is 0 Å². The molecule has 0 saturated carbocycles. The van der Waals surface area contributed by atoms with Gasteiger partial charge in [0, 0.05) is 40.1 Å². The number of nitrogens with zero attached hydrogens (tertiary/aromatic N) is 3. The van der Waals surface area contributed by atoms with E-state index >= 15 is 0 Å². The molecule has 0 radical (unpaired) electrons. The van der Waals surface area contributed by atoms with E-state index in [2.05, 4.69) is 69.3 Å². The van der Waals surface area contributed by atoms with Gasteiger partial charge in [-0.3, -0.25) is 4.72 Å². The Morgan fingerprint density at radius 3 is 2.60 bits per heavy atom. The van der Waals surface area contributed by atoms with Gasteiger partial charge in [-0.15, -0.1) is 0 Å². The van der Waals surface area contributed by atoms with Crippen LogP contribution in [0.1, 0.15) is 34.1 Å². The molecule has 3 heterocycles. The fourth-order valence-corrected chi connectivity index (χ4v) is 5.50. The van der Waals surface area contributed by atoms with E-state index in [-0.39, 0.29) is 11.3 Å². The summed E-state index contributed by atoms with van der Waals surface area (Å²) in [6, 6.07) is 15.8. The maximum atomic E-state index is 12.2. The highest BCUT2D eigenvalue weighted by Gasteiger charge is 2.17. The molecular formula is C27H29N5O2S. The maximum Gasteiger partial charge on any atom is 0.232 e. The van der Waals surface area contributed by atoms with E-state index in [1.807, 2.05) is 37.6 Å². The second kappa shape index (κ2) is 8.53. The molecule has 2 N–H and O–H groups in total. The molecule has 3 aromatic heterocycles. The van der Waals surface area contributed by atoms with Crippen LogP contribution in [0.25, 0.3) is 44.3 Å². The molecule has 0 bridgehead atoms. The van der Waals surface area contributed by atoms with Crippen molar-refractivity contribution in [3.05, 3.63) is 67.3 Å². The SMILES string of the molecule is CCCS(=O)(=O)Nc1cccc(-c2cnc3[nH]cc(-c4ccc5ncn(C(C)(C)C)c5c4)c3c2)c1. The summed E-state index contributed by atoms with van der Waals surface area (Å²) in [4.78, 5) is 12.5.